The van der Waals surface area contributed by atoms with Crippen molar-refractivity contribution >= 4 is 23.9 Å². The summed E-state index contributed by atoms with van der Waals surface area (Å²) in [5.74, 6) is -0.893. The third-order valence-corrected chi connectivity index (χ3v) is 3.33. The molecule has 0 spiro atoms. The molecule has 2 aromatic carbocycles. The first kappa shape index (κ1) is 14.3. The normalized spacial score (nSPS) is 10.7. The van der Waals surface area contributed by atoms with Crippen molar-refractivity contribution in [2.24, 2.45) is 5.10 Å². The molecule has 0 aromatic heterocycles. The minimum atomic E-state index is -0.450. The number of rotatable bonds is 4. The first-order chi connectivity index (χ1) is 9.69. The second-order valence-electron chi connectivity index (χ2n) is 3.98. The molecule has 0 saturated heterocycles. The predicted molar refractivity (Wildman–Crippen MR) is 79.7 cm³/mol. The largest absolute Gasteiger partial charge is 0.271 e. The number of hydrogen-bond acceptors (Lipinski definition) is 3. The number of hydrazone groups is 1. The molecule has 2 aromatic rings. The zero-order valence-electron chi connectivity index (χ0n) is 10.8. The summed E-state index contributed by atoms with van der Waals surface area (Å²) in [6.07, 6.45) is 3.55. The number of nitrogens with zero attached hydrogens (tertiary/aromatic N) is 1. The van der Waals surface area contributed by atoms with Crippen molar-refractivity contribution in [3.05, 3.63) is 65.5 Å². The van der Waals surface area contributed by atoms with Gasteiger partial charge < -0.3 is 0 Å². The van der Waals surface area contributed by atoms with Gasteiger partial charge in [-0.2, -0.15) is 5.10 Å². The highest BCUT2D eigenvalue weighted by molar-refractivity contribution is 7.98. The molecule has 0 unspecified atom stereocenters. The molecule has 20 heavy (non-hydrogen) atoms. The zero-order chi connectivity index (χ0) is 14.4. The van der Waals surface area contributed by atoms with Crippen molar-refractivity contribution in [1.82, 2.24) is 5.43 Å². The van der Waals surface area contributed by atoms with Crippen LogP contribution >= 0.6 is 11.8 Å². The van der Waals surface area contributed by atoms with E-state index in [-0.39, 0.29) is 5.56 Å². The molecule has 1 N–H and O–H groups in total. The number of amides is 1. The summed E-state index contributed by atoms with van der Waals surface area (Å²) in [5, 5.41) is 3.85. The van der Waals surface area contributed by atoms with E-state index in [2.05, 4.69) is 10.5 Å². The van der Waals surface area contributed by atoms with Crippen molar-refractivity contribution < 1.29 is 9.18 Å². The average Bonchev–Trinajstić information content (AvgIpc) is 2.48. The molecule has 1 amide bonds. The van der Waals surface area contributed by atoms with Gasteiger partial charge in [-0.15, -0.1) is 11.8 Å². The van der Waals surface area contributed by atoms with Gasteiger partial charge in [-0.3, -0.25) is 4.79 Å². The minimum absolute atomic E-state index is 0.236. The fourth-order valence-corrected chi connectivity index (χ4v) is 1.96. The number of carbonyl (C=O) groups is 1. The fourth-order valence-electron chi connectivity index (χ4n) is 1.55. The van der Waals surface area contributed by atoms with E-state index in [1.54, 1.807) is 18.0 Å². The van der Waals surface area contributed by atoms with Gasteiger partial charge in [0.25, 0.3) is 5.91 Å². The average molecular weight is 288 g/mol. The van der Waals surface area contributed by atoms with Crippen molar-refractivity contribution in [1.29, 1.82) is 0 Å². The van der Waals surface area contributed by atoms with Gasteiger partial charge in [-0.25, -0.2) is 9.82 Å². The van der Waals surface area contributed by atoms with Gasteiger partial charge in [0.15, 0.2) is 0 Å². The second-order valence-corrected chi connectivity index (χ2v) is 4.86. The van der Waals surface area contributed by atoms with Crippen LogP contribution in [0.3, 0.4) is 0 Å². The first-order valence-electron chi connectivity index (χ1n) is 5.92. The molecule has 0 fully saturated rings. The number of benzene rings is 2. The highest BCUT2D eigenvalue weighted by atomic mass is 32.2. The molecule has 0 heterocycles. The van der Waals surface area contributed by atoms with Crippen LogP contribution in [-0.2, 0) is 0 Å². The molecule has 0 bridgehead atoms. The molecular formula is C15H13FN2OS. The Bertz CT molecular complexity index is 626. The van der Waals surface area contributed by atoms with Crippen LogP contribution in [0.5, 0.6) is 0 Å². The molecule has 2 rings (SSSR count). The molecule has 0 aliphatic rings. The highest BCUT2D eigenvalue weighted by Crippen LogP contribution is 2.13. The summed E-state index contributed by atoms with van der Waals surface area (Å²) in [7, 11) is 0. The Balaban J connectivity index is 1.97. The van der Waals surface area contributed by atoms with E-state index >= 15 is 0 Å². The van der Waals surface area contributed by atoms with Crippen LogP contribution in [0.1, 0.15) is 15.9 Å². The number of carbonyl (C=O) groups excluding carboxylic acids is 1. The summed E-state index contributed by atoms with van der Waals surface area (Å²) in [6, 6.07) is 13.2. The van der Waals surface area contributed by atoms with E-state index in [4.69, 9.17) is 0 Å². The molecule has 5 heteroatoms. The van der Waals surface area contributed by atoms with Gasteiger partial charge in [-0.1, -0.05) is 18.2 Å². The molecule has 0 radical (unpaired) electrons. The van der Waals surface area contributed by atoms with Gasteiger partial charge in [-0.05, 0) is 42.2 Å². The first-order valence-corrected chi connectivity index (χ1v) is 7.14. The Labute approximate surface area is 120 Å². The van der Waals surface area contributed by atoms with Crippen molar-refractivity contribution in [3.63, 3.8) is 0 Å². The molecule has 0 aliphatic carbocycles. The van der Waals surface area contributed by atoms with Crippen molar-refractivity contribution in [2.75, 3.05) is 6.26 Å². The van der Waals surface area contributed by atoms with Gasteiger partial charge >= 0.3 is 0 Å². The van der Waals surface area contributed by atoms with Gasteiger partial charge in [0.1, 0.15) is 5.82 Å². The molecular weight excluding hydrogens is 275 g/mol. The maximum atomic E-state index is 13.0. The summed E-state index contributed by atoms with van der Waals surface area (Å²) < 4.78 is 13.0. The molecule has 102 valence electrons. The van der Waals surface area contributed by atoms with Crippen LogP contribution in [0.2, 0.25) is 0 Å². The third kappa shape index (κ3) is 3.93. The summed E-state index contributed by atoms with van der Waals surface area (Å²) in [5.41, 5.74) is 3.48. The Morgan fingerprint density at radius 3 is 2.65 bits per heavy atom. The topological polar surface area (TPSA) is 41.5 Å². The SMILES string of the molecule is CSc1ccc(/C=N\NC(=O)c2cccc(F)c2)cc1. The molecule has 3 nitrogen and oxygen atoms in total. The quantitative estimate of drug-likeness (QED) is 0.533. The second kappa shape index (κ2) is 6.86. The van der Waals surface area contributed by atoms with Crippen molar-refractivity contribution in [3.8, 4) is 0 Å². The smallest absolute Gasteiger partial charge is 0.267 e. The van der Waals surface area contributed by atoms with Crippen molar-refractivity contribution in [2.45, 2.75) is 4.90 Å². The highest BCUT2D eigenvalue weighted by Gasteiger charge is 2.04. The Morgan fingerprint density at radius 2 is 2.00 bits per heavy atom. The number of halogens is 1. The summed E-state index contributed by atoms with van der Waals surface area (Å²) in [4.78, 5) is 12.9. The van der Waals surface area contributed by atoms with Gasteiger partial charge in [0.2, 0.25) is 0 Å². The van der Waals surface area contributed by atoms with Crippen LogP contribution in [0.25, 0.3) is 0 Å². The van der Waals surface area contributed by atoms with Crippen LogP contribution in [0.4, 0.5) is 4.39 Å². The number of hydrogen-bond donors (Lipinski definition) is 1. The van der Waals surface area contributed by atoms with E-state index in [0.29, 0.717) is 0 Å². The lowest BCUT2D eigenvalue weighted by atomic mass is 10.2. The monoisotopic (exact) mass is 288 g/mol. The maximum Gasteiger partial charge on any atom is 0.271 e. The number of thioether (sulfide) groups is 1. The van der Waals surface area contributed by atoms with Crippen LogP contribution in [0, 0.1) is 5.82 Å². The number of nitrogens with one attached hydrogen (secondary N) is 1. The Hall–Kier alpha value is -2.14. The summed E-state index contributed by atoms with van der Waals surface area (Å²) >= 11 is 1.66. The predicted octanol–water partition coefficient (Wildman–Crippen LogP) is 3.31. The van der Waals surface area contributed by atoms with E-state index < -0.39 is 11.7 Å². The van der Waals surface area contributed by atoms with Crippen LogP contribution in [0.15, 0.2) is 58.5 Å². The van der Waals surface area contributed by atoms with E-state index in [9.17, 15) is 9.18 Å². The molecule has 0 saturated carbocycles. The summed E-state index contributed by atoms with van der Waals surface area (Å²) in [6.45, 7) is 0. The lowest BCUT2D eigenvalue weighted by Crippen LogP contribution is -2.17. The zero-order valence-corrected chi connectivity index (χ0v) is 11.7. The molecule has 0 atom stereocenters. The van der Waals surface area contributed by atoms with E-state index in [1.807, 2.05) is 30.5 Å². The van der Waals surface area contributed by atoms with E-state index in [1.165, 1.54) is 18.2 Å². The Kier molecular flexibility index (Phi) is 4.90. The van der Waals surface area contributed by atoms with Crippen LogP contribution in [-0.4, -0.2) is 18.4 Å². The van der Waals surface area contributed by atoms with Gasteiger partial charge in [0.05, 0.1) is 6.21 Å². The van der Waals surface area contributed by atoms with Crippen LogP contribution < -0.4 is 5.43 Å². The molecule has 0 aliphatic heterocycles. The minimum Gasteiger partial charge on any atom is -0.267 e. The maximum absolute atomic E-state index is 13.0. The third-order valence-electron chi connectivity index (χ3n) is 2.58. The fraction of sp³-hybridized carbons (Fsp3) is 0.0667. The Morgan fingerprint density at radius 1 is 1.25 bits per heavy atom. The standard InChI is InChI=1S/C15H13FN2OS/c1-20-14-7-5-11(6-8-14)10-17-18-15(19)12-3-2-4-13(16)9-12/h2-10H,1H3,(H,18,19)/b17-10-. The van der Waals surface area contributed by atoms with E-state index in [0.717, 1.165) is 16.5 Å². The van der Waals surface area contributed by atoms with Gasteiger partial charge in [0, 0.05) is 10.5 Å². The lowest BCUT2D eigenvalue weighted by Gasteiger charge is -2.00. The lowest BCUT2D eigenvalue weighted by molar-refractivity contribution is 0.0954.